The van der Waals surface area contributed by atoms with E-state index in [1.807, 2.05) is 31.2 Å². The van der Waals surface area contributed by atoms with Crippen LogP contribution in [0.1, 0.15) is 45.6 Å². The molecule has 204 valence electrons. The molecule has 10 nitrogen and oxygen atoms in total. The molecule has 37 heavy (non-hydrogen) atoms. The number of carbonyl (C=O) groups is 3. The maximum absolute atomic E-state index is 13.7. The molecule has 1 aromatic carbocycles. The molecule has 0 amide bonds. The molecular formula is C26H33IO10. The largest absolute Gasteiger partial charge is 0.497 e. The third-order valence-corrected chi connectivity index (χ3v) is 9.01. The van der Waals surface area contributed by atoms with Gasteiger partial charge < -0.3 is 33.2 Å². The third-order valence-electron chi connectivity index (χ3n) is 7.26. The second-order valence-electron chi connectivity index (χ2n) is 9.71. The highest BCUT2D eigenvalue weighted by molar-refractivity contribution is 14.1. The summed E-state index contributed by atoms with van der Waals surface area (Å²) in [6.07, 6.45) is -1.20. The average Bonchev–Trinajstić information content (AvgIpc) is 3.44. The summed E-state index contributed by atoms with van der Waals surface area (Å²) in [5.41, 5.74) is -1.71. The van der Waals surface area contributed by atoms with E-state index in [-0.39, 0.29) is 23.4 Å². The molecular weight excluding hydrogens is 599 g/mol. The Hall–Kier alpha value is -1.96. The van der Waals surface area contributed by atoms with Gasteiger partial charge in [-0.2, -0.15) is 0 Å². The number of halogens is 1. The van der Waals surface area contributed by atoms with Gasteiger partial charge in [0.1, 0.15) is 23.6 Å². The van der Waals surface area contributed by atoms with Gasteiger partial charge in [0.2, 0.25) is 0 Å². The van der Waals surface area contributed by atoms with Gasteiger partial charge in [0, 0.05) is 20.3 Å². The molecule has 3 fully saturated rings. The molecule has 4 rings (SSSR count). The maximum atomic E-state index is 13.7. The molecule has 6 atom stereocenters. The fourth-order valence-electron chi connectivity index (χ4n) is 5.56. The molecule has 0 bridgehead atoms. The van der Waals surface area contributed by atoms with E-state index in [0.29, 0.717) is 25.4 Å². The Morgan fingerprint density at radius 1 is 1.11 bits per heavy atom. The van der Waals surface area contributed by atoms with E-state index < -0.39 is 53.5 Å². The summed E-state index contributed by atoms with van der Waals surface area (Å²) < 4.78 is 40.1. The predicted molar refractivity (Wildman–Crippen MR) is 137 cm³/mol. The Balaban J connectivity index is 1.70. The fourth-order valence-corrected chi connectivity index (χ4v) is 6.49. The van der Waals surface area contributed by atoms with Gasteiger partial charge in [0.25, 0.3) is 0 Å². The van der Waals surface area contributed by atoms with Crippen molar-refractivity contribution in [3.63, 3.8) is 0 Å². The first-order valence-corrected chi connectivity index (χ1v) is 13.6. The zero-order chi connectivity index (χ0) is 26.8. The predicted octanol–water partition coefficient (Wildman–Crippen LogP) is 3.11. The number of benzene rings is 1. The first kappa shape index (κ1) is 28.1. The Morgan fingerprint density at radius 3 is 2.35 bits per heavy atom. The van der Waals surface area contributed by atoms with Crippen LogP contribution in [0, 0.1) is 5.92 Å². The minimum absolute atomic E-state index is 0.122. The van der Waals surface area contributed by atoms with Crippen LogP contribution in [-0.2, 0) is 49.4 Å². The lowest BCUT2D eigenvalue weighted by atomic mass is 9.65. The summed E-state index contributed by atoms with van der Waals surface area (Å²) in [5, 5.41) is 0. The van der Waals surface area contributed by atoms with Crippen LogP contribution in [0.5, 0.6) is 5.75 Å². The highest BCUT2D eigenvalue weighted by atomic mass is 127. The van der Waals surface area contributed by atoms with Crippen LogP contribution < -0.4 is 4.74 Å². The van der Waals surface area contributed by atoms with Gasteiger partial charge in [-0.15, -0.1) is 0 Å². The minimum atomic E-state index is -1.41. The molecule has 2 aliphatic heterocycles. The number of esters is 3. The van der Waals surface area contributed by atoms with Crippen LogP contribution in [0.25, 0.3) is 0 Å². The number of carbonyl (C=O) groups excluding carboxylic acids is 3. The molecule has 0 unspecified atom stereocenters. The highest BCUT2D eigenvalue weighted by Crippen LogP contribution is 2.55. The second-order valence-corrected chi connectivity index (χ2v) is 11.2. The topological polar surface area (TPSA) is 116 Å². The van der Waals surface area contributed by atoms with Crippen molar-refractivity contribution in [3.05, 3.63) is 29.8 Å². The number of hydrogen-bond donors (Lipinski definition) is 0. The molecule has 2 heterocycles. The van der Waals surface area contributed by atoms with Gasteiger partial charge in [0.05, 0.1) is 36.8 Å². The molecule has 1 aromatic rings. The Bertz CT molecular complexity index is 994. The fraction of sp³-hybridized carbons (Fsp3) is 0.654. The number of hydrogen-bond acceptors (Lipinski definition) is 10. The highest BCUT2D eigenvalue weighted by Gasteiger charge is 2.72. The van der Waals surface area contributed by atoms with Gasteiger partial charge in [-0.1, -0.05) is 34.7 Å². The average molecular weight is 632 g/mol. The van der Waals surface area contributed by atoms with Crippen molar-refractivity contribution >= 4 is 40.5 Å². The van der Waals surface area contributed by atoms with Crippen LogP contribution >= 0.6 is 22.6 Å². The van der Waals surface area contributed by atoms with Crippen LogP contribution in [-0.4, -0.2) is 71.9 Å². The normalized spacial score (nSPS) is 32.4. The van der Waals surface area contributed by atoms with Crippen molar-refractivity contribution in [1.29, 1.82) is 0 Å². The van der Waals surface area contributed by atoms with E-state index in [2.05, 4.69) is 22.6 Å². The molecule has 0 N–H and O–H groups in total. The van der Waals surface area contributed by atoms with Crippen molar-refractivity contribution in [1.82, 2.24) is 0 Å². The molecule has 0 radical (unpaired) electrons. The van der Waals surface area contributed by atoms with Crippen molar-refractivity contribution in [2.24, 2.45) is 5.92 Å². The molecule has 2 saturated heterocycles. The smallest absolute Gasteiger partial charge is 0.339 e. The van der Waals surface area contributed by atoms with Crippen LogP contribution in [0.4, 0.5) is 0 Å². The lowest BCUT2D eigenvalue weighted by molar-refractivity contribution is -0.208. The standard InChI is InChI=1S/C26H33IO10/c1-15(28)35-19-9-10-26(34-14-17-5-7-18(31-4)8-6-17)23(22(19)36-16(2)29)25(3,37-24(26)30)20(27)13-21-32-11-12-33-21/h5-8,19-23H,9-14H2,1-4H3/t19-,20-,22-,23-,25-,26-/m1/s1. The number of fused-ring (bicyclic) bond motifs is 1. The van der Waals surface area contributed by atoms with Crippen molar-refractivity contribution < 1.29 is 47.5 Å². The zero-order valence-corrected chi connectivity index (χ0v) is 23.6. The minimum Gasteiger partial charge on any atom is -0.497 e. The number of rotatable bonds is 9. The molecule has 11 heteroatoms. The summed E-state index contributed by atoms with van der Waals surface area (Å²) in [7, 11) is 1.59. The van der Waals surface area contributed by atoms with Crippen LogP contribution in [0.2, 0.25) is 0 Å². The lowest BCUT2D eigenvalue weighted by Crippen LogP contribution is -2.63. The van der Waals surface area contributed by atoms with Crippen molar-refractivity contribution in [2.75, 3.05) is 20.3 Å². The van der Waals surface area contributed by atoms with Gasteiger partial charge in [-0.05, 0) is 37.5 Å². The summed E-state index contributed by atoms with van der Waals surface area (Å²) in [6.45, 7) is 5.51. The Morgan fingerprint density at radius 2 is 1.76 bits per heavy atom. The maximum Gasteiger partial charge on any atom is 0.339 e. The third kappa shape index (κ3) is 5.74. The number of methoxy groups -OCH3 is 1. The Kier molecular flexibility index (Phi) is 8.66. The van der Waals surface area contributed by atoms with E-state index in [0.717, 1.165) is 5.56 Å². The quantitative estimate of drug-likeness (QED) is 0.174. The monoisotopic (exact) mass is 632 g/mol. The Labute approximate surface area is 229 Å². The van der Waals surface area contributed by atoms with E-state index in [4.69, 9.17) is 33.2 Å². The first-order chi connectivity index (χ1) is 17.6. The first-order valence-electron chi connectivity index (χ1n) is 12.3. The lowest BCUT2D eigenvalue weighted by Gasteiger charge is -2.48. The van der Waals surface area contributed by atoms with Crippen molar-refractivity contribution in [2.45, 2.75) is 80.3 Å². The zero-order valence-electron chi connectivity index (χ0n) is 21.4. The van der Waals surface area contributed by atoms with Gasteiger partial charge in [-0.25, -0.2) is 4.79 Å². The molecule has 0 spiro atoms. The summed E-state index contributed by atoms with van der Waals surface area (Å²) in [5.74, 6) is -1.63. The van der Waals surface area contributed by atoms with Gasteiger partial charge in [0.15, 0.2) is 11.9 Å². The van der Waals surface area contributed by atoms with Crippen LogP contribution in [0.15, 0.2) is 24.3 Å². The summed E-state index contributed by atoms with van der Waals surface area (Å²) in [6, 6.07) is 7.33. The summed E-state index contributed by atoms with van der Waals surface area (Å²) in [4.78, 5) is 37.9. The molecule has 3 aliphatic rings. The summed E-state index contributed by atoms with van der Waals surface area (Å²) >= 11 is 2.22. The van der Waals surface area contributed by atoms with Crippen LogP contribution in [0.3, 0.4) is 0 Å². The van der Waals surface area contributed by atoms with E-state index in [9.17, 15) is 14.4 Å². The van der Waals surface area contributed by atoms with E-state index in [1.165, 1.54) is 13.8 Å². The number of alkyl halides is 1. The number of cyclic esters (lactones) is 1. The molecule has 0 aromatic heterocycles. The molecule has 1 aliphatic carbocycles. The van der Waals surface area contributed by atoms with Gasteiger partial charge >= 0.3 is 17.9 Å². The van der Waals surface area contributed by atoms with E-state index in [1.54, 1.807) is 7.11 Å². The van der Waals surface area contributed by atoms with Crippen molar-refractivity contribution in [3.8, 4) is 5.75 Å². The van der Waals surface area contributed by atoms with E-state index >= 15 is 0 Å². The number of ether oxygens (including phenoxy) is 7. The molecule has 1 saturated carbocycles. The second kappa shape index (κ2) is 11.4. The SMILES string of the molecule is COc1ccc(CO[C@]23CC[C@@H](OC(C)=O)[C@@H](OC(C)=O)[C@@H]2[C@@](C)([C@H](I)CC2OCCO2)OC3=O)cc1. The van der Waals surface area contributed by atoms with Gasteiger partial charge in [-0.3, -0.25) is 9.59 Å².